The van der Waals surface area contributed by atoms with E-state index in [-0.39, 0.29) is 5.84 Å². The second kappa shape index (κ2) is 5.77. The SMILES string of the molecule is N/C(=N/O)c1ccncc1N1CCCSCC1. The van der Waals surface area contributed by atoms with Crippen molar-refractivity contribution < 1.29 is 5.21 Å². The third-order valence-electron chi connectivity index (χ3n) is 2.75. The van der Waals surface area contributed by atoms with Gasteiger partial charge in [-0.25, -0.2) is 0 Å². The number of nitrogens with two attached hydrogens (primary N) is 1. The topological polar surface area (TPSA) is 74.7 Å². The molecule has 0 radical (unpaired) electrons. The van der Waals surface area contributed by atoms with Crippen LogP contribution in [0.25, 0.3) is 0 Å². The molecule has 2 heterocycles. The molecule has 2 rings (SSSR count). The van der Waals surface area contributed by atoms with Crippen LogP contribution in [0.3, 0.4) is 0 Å². The summed E-state index contributed by atoms with van der Waals surface area (Å²) >= 11 is 1.96. The highest BCUT2D eigenvalue weighted by molar-refractivity contribution is 7.99. The summed E-state index contributed by atoms with van der Waals surface area (Å²) in [5, 5.41) is 11.9. The predicted octanol–water partition coefficient (Wildman–Crippen LogP) is 1.12. The lowest BCUT2D eigenvalue weighted by Crippen LogP contribution is -2.28. The highest BCUT2D eigenvalue weighted by Crippen LogP contribution is 2.22. The maximum atomic E-state index is 8.79. The number of thioether (sulfide) groups is 1. The van der Waals surface area contributed by atoms with E-state index < -0.39 is 0 Å². The van der Waals surface area contributed by atoms with Gasteiger partial charge in [0.15, 0.2) is 5.84 Å². The Morgan fingerprint density at radius 3 is 3.18 bits per heavy atom. The van der Waals surface area contributed by atoms with Crippen LogP contribution in [0.5, 0.6) is 0 Å². The minimum absolute atomic E-state index is 0.138. The predicted molar refractivity (Wildman–Crippen MR) is 70.9 cm³/mol. The van der Waals surface area contributed by atoms with Gasteiger partial charge in [-0.3, -0.25) is 4.98 Å². The molecule has 1 aromatic rings. The molecule has 92 valence electrons. The van der Waals surface area contributed by atoms with Crippen LogP contribution in [0, 0.1) is 0 Å². The summed E-state index contributed by atoms with van der Waals surface area (Å²) < 4.78 is 0. The lowest BCUT2D eigenvalue weighted by molar-refractivity contribution is 0.318. The molecule has 0 aliphatic carbocycles. The van der Waals surface area contributed by atoms with Crippen LogP contribution in [0.15, 0.2) is 23.6 Å². The van der Waals surface area contributed by atoms with Crippen LogP contribution < -0.4 is 10.6 Å². The second-order valence-corrected chi connectivity index (χ2v) is 5.06. The van der Waals surface area contributed by atoms with E-state index in [4.69, 9.17) is 10.9 Å². The molecule has 0 amide bonds. The number of hydrogen-bond acceptors (Lipinski definition) is 5. The first-order chi connectivity index (χ1) is 8.33. The van der Waals surface area contributed by atoms with E-state index in [1.54, 1.807) is 18.5 Å². The summed E-state index contributed by atoms with van der Waals surface area (Å²) in [5.74, 6) is 2.43. The number of oxime groups is 1. The molecule has 5 nitrogen and oxygen atoms in total. The molecule has 0 spiro atoms. The van der Waals surface area contributed by atoms with Crippen LogP contribution in [-0.4, -0.2) is 40.6 Å². The van der Waals surface area contributed by atoms with Gasteiger partial charge in [0, 0.05) is 30.6 Å². The van der Waals surface area contributed by atoms with E-state index >= 15 is 0 Å². The molecule has 1 aliphatic rings. The van der Waals surface area contributed by atoms with Crippen molar-refractivity contribution in [1.29, 1.82) is 0 Å². The van der Waals surface area contributed by atoms with E-state index in [2.05, 4.69) is 15.0 Å². The molecule has 0 saturated carbocycles. The minimum atomic E-state index is 0.138. The molecule has 6 heteroatoms. The maximum Gasteiger partial charge on any atom is 0.172 e. The van der Waals surface area contributed by atoms with Gasteiger partial charge in [-0.15, -0.1) is 0 Å². The largest absolute Gasteiger partial charge is 0.409 e. The molecule has 1 fully saturated rings. The molecule has 1 aromatic heterocycles. The third-order valence-corrected chi connectivity index (χ3v) is 3.80. The normalized spacial score (nSPS) is 17.9. The molecule has 0 aromatic carbocycles. The van der Waals surface area contributed by atoms with Crippen molar-refractivity contribution in [3.05, 3.63) is 24.0 Å². The fraction of sp³-hybridized carbons (Fsp3) is 0.455. The molecule has 1 saturated heterocycles. The van der Waals surface area contributed by atoms with Crippen molar-refractivity contribution in [2.45, 2.75) is 6.42 Å². The summed E-state index contributed by atoms with van der Waals surface area (Å²) in [6.45, 7) is 1.96. The fourth-order valence-corrected chi connectivity index (χ4v) is 2.78. The van der Waals surface area contributed by atoms with Crippen LogP contribution >= 0.6 is 11.8 Å². The van der Waals surface area contributed by atoms with Gasteiger partial charge in [-0.1, -0.05) is 5.16 Å². The van der Waals surface area contributed by atoms with Gasteiger partial charge in [0.1, 0.15) is 0 Å². The zero-order chi connectivity index (χ0) is 12.1. The van der Waals surface area contributed by atoms with Crippen molar-refractivity contribution in [1.82, 2.24) is 4.98 Å². The minimum Gasteiger partial charge on any atom is -0.409 e. The first kappa shape index (κ1) is 12.0. The number of hydrogen-bond donors (Lipinski definition) is 2. The quantitative estimate of drug-likeness (QED) is 0.357. The van der Waals surface area contributed by atoms with Crippen LogP contribution in [0.1, 0.15) is 12.0 Å². The number of amidine groups is 1. The summed E-state index contributed by atoms with van der Waals surface area (Å²) in [5.41, 5.74) is 7.38. The molecule has 0 bridgehead atoms. The zero-order valence-electron chi connectivity index (χ0n) is 9.54. The molecule has 0 atom stereocenters. The lowest BCUT2D eigenvalue weighted by Gasteiger charge is -2.24. The number of anilines is 1. The van der Waals surface area contributed by atoms with Crippen molar-refractivity contribution in [2.75, 3.05) is 29.5 Å². The molecular formula is C11H16N4OS. The monoisotopic (exact) mass is 252 g/mol. The number of nitrogens with zero attached hydrogens (tertiary/aromatic N) is 3. The van der Waals surface area contributed by atoms with E-state index in [1.807, 2.05) is 11.8 Å². The maximum absolute atomic E-state index is 8.79. The van der Waals surface area contributed by atoms with Crippen molar-refractivity contribution in [2.24, 2.45) is 10.9 Å². The fourth-order valence-electron chi connectivity index (χ4n) is 1.90. The molecule has 3 N–H and O–H groups in total. The molecule has 1 aliphatic heterocycles. The van der Waals surface area contributed by atoms with Gasteiger partial charge >= 0.3 is 0 Å². The average Bonchev–Trinajstić information content (AvgIpc) is 2.66. The van der Waals surface area contributed by atoms with Crippen LogP contribution in [0.2, 0.25) is 0 Å². The van der Waals surface area contributed by atoms with Crippen LogP contribution in [-0.2, 0) is 0 Å². The Hall–Kier alpha value is -1.43. The van der Waals surface area contributed by atoms with E-state index in [0.29, 0.717) is 0 Å². The van der Waals surface area contributed by atoms with Crippen molar-refractivity contribution in [3.8, 4) is 0 Å². The van der Waals surface area contributed by atoms with Gasteiger partial charge in [0.05, 0.1) is 11.9 Å². The van der Waals surface area contributed by atoms with Gasteiger partial charge in [0.25, 0.3) is 0 Å². The standard InChI is InChI=1S/C11H16N4OS/c12-11(14-16)9-2-3-13-8-10(9)15-4-1-6-17-7-5-15/h2-3,8,16H,1,4-7H2,(H2,12,14). The Morgan fingerprint density at radius 2 is 2.35 bits per heavy atom. The molecule has 17 heavy (non-hydrogen) atoms. The average molecular weight is 252 g/mol. The van der Waals surface area contributed by atoms with E-state index in [9.17, 15) is 0 Å². The van der Waals surface area contributed by atoms with Gasteiger partial charge < -0.3 is 15.8 Å². The molecule has 0 unspecified atom stereocenters. The summed E-state index contributed by atoms with van der Waals surface area (Å²) in [6.07, 6.45) is 4.59. The smallest absolute Gasteiger partial charge is 0.172 e. The van der Waals surface area contributed by atoms with Crippen molar-refractivity contribution >= 4 is 23.3 Å². The number of aromatic nitrogens is 1. The van der Waals surface area contributed by atoms with Gasteiger partial charge in [0.2, 0.25) is 0 Å². The highest BCUT2D eigenvalue weighted by atomic mass is 32.2. The van der Waals surface area contributed by atoms with Crippen LogP contribution in [0.4, 0.5) is 5.69 Å². The summed E-state index contributed by atoms with van der Waals surface area (Å²) in [4.78, 5) is 6.38. The Balaban J connectivity index is 2.30. The number of pyridine rings is 1. The van der Waals surface area contributed by atoms with E-state index in [1.165, 1.54) is 5.75 Å². The Labute approximate surface area is 105 Å². The van der Waals surface area contributed by atoms with Crippen molar-refractivity contribution in [3.63, 3.8) is 0 Å². The molecular weight excluding hydrogens is 236 g/mol. The zero-order valence-corrected chi connectivity index (χ0v) is 10.4. The summed E-state index contributed by atoms with van der Waals surface area (Å²) in [7, 11) is 0. The Morgan fingerprint density at radius 1 is 1.47 bits per heavy atom. The van der Waals surface area contributed by atoms with Gasteiger partial charge in [-0.2, -0.15) is 11.8 Å². The van der Waals surface area contributed by atoms with Gasteiger partial charge in [-0.05, 0) is 18.2 Å². The first-order valence-electron chi connectivity index (χ1n) is 5.57. The van der Waals surface area contributed by atoms with E-state index in [0.717, 1.165) is 36.5 Å². The second-order valence-electron chi connectivity index (χ2n) is 3.83. The lowest BCUT2D eigenvalue weighted by atomic mass is 10.2. The number of rotatable bonds is 2. The highest BCUT2D eigenvalue weighted by Gasteiger charge is 2.15. The third kappa shape index (κ3) is 2.82. The Bertz CT molecular complexity index is 402. The Kier molecular flexibility index (Phi) is 4.08. The first-order valence-corrected chi connectivity index (χ1v) is 6.73. The summed E-state index contributed by atoms with van der Waals surface area (Å²) in [6, 6.07) is 1.78.